The van der Waals surface area contributed by atoms with Gasteiger partial charge in [0.25, 0.3) is 0 Å². The molecule has 0 radical (unpaired) electrons. The SMILES string of the molecule is COc1ccc(CNC(C)=O)cc1S(=O)(=O)N1CCC[C@H](C(=O)O)[C@@H]1C. The predicted octanol–water partition coefficient (Wildman–Crippen LogP) is 1.21. The normalized spacial score (nSPS) is 21.2. The Balaban J connectivity index is 2.41. The Bertz CT molecular complexity index is 792. The van der Waals surface area contributed by atoms with Crippen LogP contribution in [0.2, 0.25) is 0 Å². The van der Waals surface area contributed by atoms with Crippen molar-refractivity contribution in [3.8, 4) is 5.75 Å². The zero-order valence-corrected chi connectivity index (χ0v) is 15.9. The highest BCUT2D eigenvalue weighted by Crippen LogP contribution is 2.33. The van der Waals surface area contributed by atoms with Crippen molar-refractivity contribution in [1.82, 2.24) is 9.62 Å². The number of sulfonamides is 1. The van der Waals surface area contributed by atoms with E-state index in [0.29, 0.717) is 18.4 Å². The minimum Gasteiger partial charge on any atom is -0.495 e. The average molecular weight is 384 g/mol. The molecule has 1 saturated heterocycles. The van der Waals surface area contributed by atoms with Gasteiger partial charge in [-0.25, -0.2) is 8.42 Å². The molecule has 2 N–H and O–H groups in total. The molecule has 0 aromatic heterocycles. The van der Waals surface area contributed by atoms with Crippen molar-refractivity contribution in [2.45, 2.75) is 44.2 Å². The van der Waals surface area contributed by atoms with Gasteiger partial charge in [-0.05, 0) is 37.5 Å². The second kappa shape index (κ2) is 8.05. The summed E-state index contributed by atoms with van der Waals surface area (Å²) in [6, 6.07) is 4.01. The standard InChI is InChI=1S/C17H24N2O6S/c1-11-14(17(21)22)5-4-8-19(11)26(23,24)16-9-13(10-18-12(2)20)6-7-15(16)25-3/h6-7,9,11,14H,4-5,8,10H2,1-3H3,(H,18,20)(H,21,22)/t11-,14-/m0/s1. The molecule has 1 heterocycles. The van der Waals surface area contributed by atoms with Crippen LogP contribution in [0.4, 0.5) is 0 Å². The lowest BCUT2D eigenvalue weighted by Crippen LogP contribution is -2.49. The molecule has 1 aliphatic rings. The number of hydrogen-bond donors (Lipinski definition) is 2. The van der Waals surface area contributed by atoms with Crippen LogP contribution in [0.25, 0.3) is 0 Å². The van der Waals surface area contributed by atoms with Gasteiger partial charge in [-0.2, -0.15) is 4.31 Å². The number of benzene rings is 1. The van der Waals surface area contributed by atoms with Crippen molar-refractivity contribution in [3.05, 3.63) is 23.8 Å². The minimum atomic E-state index is -3.95. The zero-order valence-electron chi connectivity index (χ0n) is 15.1. The van der Waals surface area contributed by atoms with E-state index in [0.717, 1.165) is 0 Å². The first-order valence-corrected chi connectivity index (χ1v) is 9.78. The molecule has 0 spiro atoms. The van der Waals surface area contributed by atoms with Crippen LogP contribution in [-0.2, 0) is 26.2 Å². The summed E-state index contributed by atoms with van der Waals surface area (Å²) in [5, 5.41) is 12.0. The number of carboxylic acid groups (broad SMARTS) is 1. The topological polar surface area (TPSA) is 113 Å². The van der Waals surface area contributed by atoms with Crippen LogP contribution in [0, 0.1) is 5.92 Å². The summed E-state index contributed by atoms with van der Waals surface area (Å²) in [6.07, 6.45) is 0.927. The average Bonchev–Trinajstić information content (AvgIpc) is 2.59. The summed E-state index contributed by atoms with van der Waals surface area (Å²) in [6.45, 7) is 3.44. The molecule has 0 aliphatic carbocycles. The number of carboxylic acids is 1. The van der Waals surface area contributed by atoms with E-state index < -0.39 is 28.0 Å². The summed E-state index contributed by atoms with van der Waals surface area (Å²) >= 11 is 0. The smallest absolute Gasteiger partial charge is 0.308 e. The molecule has 1 fully saturated rings. The second-order valence-corrected chi connectivity index (χ2v) is 8.20. The molecule has 26 heavy (non-hydrogen) atoms. The van der Waals surface area contributed by atoms with Gasteiger partial charge in [-0.15, -0.1) is 0 Å². The van der Waals surface area contributed by atoms with Crippen molar-refractivity contribution in [2.75, 3.05) is 13.7 Å². The number of piperidine rings is 1. The number of aliphatic carboxylic acids is 1. The van der Waals surface area contributed by atoms with Gasteiger partial charge in [0, 0.05) is 26.1 Å². The summed E-state index contributed by atoms with van der Waals surface area (Å²) in [5.41, 5.74) is 0.610. The van der Waals surface area contributed by atoms with E-state index in [4.69, 9.17) is 4.74 Å². The van der Waals surface area contributed by atoms with E-state index in [2.05, 4.69) is 5.32 Å². The van der Waals surface area contributed by atoms with Crippen LogP contribution in [0.3, 0.4) is 0 Å². The van der Waals surface area contributed by atoms with E-state index in [1.807, 2.05) is 0 Å². The van der Waals surface area contributed by atoms with Gasteiger partial charge in [0.05, 0.1) is 13.0 Å². The Morgan fingerprint density at radius 3 is 2.65 bits per heavy atom. The molecule has 8 nitrogen and oxygen atoms in total. The number of nitrogens with one attached hydrogen (secondary N) is 1. The maximum absolute atomic E-state index is 13.2. The van der Waals surface area contributed by atoms with Gasteiger partial charge in [0.15, 0.2) is 0 Å². The highest BCUT2D eigenvalue weighted by Gasteiger charge is 2.40. The largest absolute Gasteiger partial charge is 0.495 e. The molecule has 9 heteroatoms. The van der Waals surface area contributed by atoms with Crippen molar-refractivity contribution >= 4 is 21.9 Å². The van der Waals surface area contributed by atoms with Crippen molar-refractivity contribution < 1.29 is 27.9 Å². The van der Waals surface area contributed by atoms with Gasteiger partial charge in [-0.3, -0.25) is 9.59 Å². The monoisotopic (exact) mass is 384 g/mol. The minimum absolute atomic E-state index is 0.0271. The Kier molecular flexibility index (Phi) is 6.25. The van der Waals surface area contributed by atoms with E-state index >= 15 is 0 Å². The van der Waals surface area contributed by atoms with E-state index in [9.17, 15) is 23.1 Å². The molecule has 0 saturated carbocycles. The molecule has 1 aromatic carbocycles. The Hall–Kier alpha value is -2.13. The summed E-state index contributed by atoms with van der Waals surface area (Å²) < 4.78 is 32.8. The predicted molar refractivity (Wildman–Crippen MR) is 94.2 cm³/mol. The fraction of sp³-hybridized carbons (Fsp3) is 0.529. The lowest BCUT2D eigenvalue weighted by molar-refractivity contribution is -0.144. The van der Waals surface area contributed by atoms with E-state index in [1.165, 1.54) is 30.5 Å². The number of hydrogen-bond acceptors (Lipinski definition) is 5. The molecular weight excluding hydrogens is 360 g/mol. The highest BCUT2D eigenvalue weighted by atomic mass is 32.2. The maximum Gasteiger partial charge on any atom is 0.308 e. The van der Waals surface area contributed by atoms with Crippen molar-refractivity contribution in [1.29, 1.82) is 0 Å². The number of methoxy groups -OCH3 is 1. The summed E-state index contributed by atoms with van der Waals surface area (Å²) in [4.78, 5) is 22.5. The maximum atomic E-state index is 13.2. The third kappa shape index (κ3) is 4.16. The van der Waals surface area contributed by atoms with Gasteiger partial charge in [0.1, 0.15) is 10.6 Å². The molecule has 1 aliphatic heterocycles. The molecule has 0 bridgehead atoms. The van der Waals surface area contributed by atoms with Crippen molar-refractivity contribution in [2.24, 2.45) is 5.92 Å². The van der Waals surface area contributed by atoms with Crippen LogP contribution in [0.1, 0.15) is 32.3 Å². The fourth-order valence-corrected chi connectivity index (χ4v) is 5.08. The van der Waals surface area contributed by atoms with Gasteiger partial charge < -0.3 is 15.2 Å². The number of rotatable bonds is 6. The molecule has 0 unspecified atom stereocenters. The molecular formula is C17H24N2O6S. The molecule has 1 amide bonds. The van der Waals surface area contributed by atoms with E-state index in [1.54, 1.807) is 13.0 Å². The lowest BCUT2D eigenvalue weighted by Gasteiger charge is -2.36. The van der Waals surface area contributed by atoms with E-state index in [-0.39, 0.29) is 29.6 Å². The van der Waals surface area contributed by atoms with Gasteiger partial charge in [0.2, 0.25) is 15.9 Å². The molecule has 1 aromatic rings. The quantitative estimate of drug-likeness (QED) is 0.762. The number of nitrogens with zero attached hydrogens (tertiary/aromatic N) is 1. The van der Waals surface area contributed by atoms with Crippen molar-refractivity contribution in [3.63, 3.8) is 0 Å². The number of ether oxygens (including phenoxy) is 1. The van der Waals surface area contributed by atoms with Gasteiger partial charge in [-0.1, -0.05) is 6.07 Å². The number of carbonyl (C=O) groups excluding carboxylic acids is 1. The Morgan fingerprint density at radius 2 is 2.08 bits per heavy atom. The lowest BCUT2D eigenvalue weighted by atomic mass is 9.92. The first-order chi connectivity index (χ1) is 12.2. The Morgan fingerprint density at radius 1 is 1.38 bits per heavy atom. The third-order valence-electron chi connectivity index (χ3n) is 4.60. The van der Waals surface area contributed by atoms with Crippen LogP contribution in [0.15, 0.2) is 23.1 Å². The zero-order chi connectivity index (χ0) is 19.5. The van der Waals surface area contributed by atoms with Crippen LogP contribution >= 0.6 is 0 Å². The fourth-order valence-electron chi connectivity index (χ4n) is 3.17. The first-order valence-electron chi connectivity index (χ1n) is 8.34. The molecule has 144 valence electrons. The van der Waals surface area contributed by atoms with Gasteiger partial charge >= 0.3 is 5.97 Å². The van der Waals surface area contributed by atoms with Crippen LogP contribution < -0.4 is 10.1 Å². The van der Waals surface area contributed by atoms with Crippen LogP contribution in [0.5, 0.6) is 5.75 Å². The summed E-state index contributed by atoms with van der Waals surface area (Å²) in [5.74, 6) is -1.78. The molecule has 2 atom stereocenters. The molecule has 2 rings (SSSR count). The number of amides is 1. The summed E-state index contributed by atoms with van der Waals surface area (Å²) in [7, 11) is -2.57. The highest BCUT2D eigenvalue weighted by molar-refractivity contribution is 7.89. The first kappa shape index (κ1) is 20.2. The third-order valence-corrected chi connectivity index (χ3v) is 6.61. The second-order valence-electron chi connectivity index (χ2n) is 6.34. The number of carbonyl (C=O) groups is 2. The Labute approximate surface area is 153 Å². The van der Waals surface area contributed by atoms with Crippen LogP contribution in [-0.4, -0.2) is 49.4 Å².